The monoisotopic (exact) mass is 330 g/mol. The van der Waals surface area contributed by atoms with Crippen LogP contribution in [0.15, 0.2) is 21.3 Å². The highest BCUT2D eigenvalue weighted by Crippen LogP contribution is 2.54. The van der Waals surface area contributed by atoms with E-state index >= 15 is 0 Å². The van der Waals surface area contributed by atoms with Crippen molar-refractivity contribution < 1.29 is 9.05 Å². The van der Waals surface area contributed by atoms with Gasteiger partial charge in [-0.2, -0.15) is 0 Å². The molecule has 0 spiro atoms. The molecule has 0 N–H and O–H groups in total. The summed E-state index contributed by atoms with van der Waals surface area (Å²) in [6.07, 6.45) is 3.93. The van der Waals surface area contributed by atoms with Crippen molar-refractivity contribution in [2.45, 2.75) is 89.9 Å². The summed E-state index contributed by atoms with van der Waals surface area (Å²) in [5, 5.41) is 8.37. The van der Waals surface area contributed by atoms with Gasteiger partial charge in [-0.15, -0.1) is 0 Å². The molecule has 0 saturated heterocycles. The van der Waals surface area contributed by atoms with Crippen molar-refractivity contribution in [3.63, 3.8) is 0 Å². The van der Waals surface area contributed by atoms with Gasteiger partial charge in [0, 0.05) is 27.9 Å². The summed E-state index contributed by atoms with van der Waals surface area (Å²) in [5.41, 5.74) is 2.19. The van der Waals surface area contributed by atoms with Crippen molar-refractivity contribution in [1.29, 1.82) is 0 Å². The van der Waals surface area contributed by atoms with Crippen LogP contribution in [-0.2, 0) is 21.7 Å². The van der Waals surface area contributed by atoms with Crippen LogP contribution in [0.3, 0.4) is 0 Å². The average Bonchev–Trinajstić information content (AvgIpc) is 3.09. The van der Waals surface area contributed by atoms with Gasteiger partial charge in [0.05, 0.1) is 11.9 Å². The molecule has 132 valence electrons. The first-order valence-electron chi connectivity index (χ1n) is 8.79. The van der Waals surface area contributed by atoms with Gasteiger partial charge in [0.1, 0.15) is 11.5 Å². The third-order valence-electron chi connectivity index (χ3n) is 5.45. The predicted octanol–water partition coefficient (Wildman–Crippen LogP) is 5.27. The van der Waals surface area contributed by atoms with Crippen LogP contribution in [0.5, 0.6) is 0 Å². The van der Waals surface area contributed by atoms with Crippen LogP contribution in [0.2, 0.25) is 0 Å². The number of hydrogen-bond donors (Lipinski definition) is 0. The van der Waals surface area contributed by atoms with Crippen LogP contribution >= 0.6 is 0 Å². The van der Waals surface area contributed by atoms with E-state index in [9.17, 15) is 0 Å². The van der Waals surface area contributed by atoms with Gasteiger partial charge in [0.2, 0.25) is 0 Å². The lowest BCUT2D eigenvalue weighted by Crippen LogP contribution is -2.31. The molecule has 2 aromatic rings. The minimum Gasteiger partial charge on any atom is -0.361 e. The molecule has 3 rings (SSSR count). The minimum absolute atomic E-state index is 0.00126. The Balaban J connectivity index is 1.92. The Bertz CT molecular complexity index is 746. The van der Waals surface area contributed by atoms with E-state index in [-0.39, 0.29) is 21.7 Å². The molecule has 0 amide bonds. The summed E-state index contributed by atoms with van der Waals surface area (Å²) in [7, 11) is 0. The smallest absolute Gasteiger partial charge is 0.146 e. The number of rotatable bonds is 3. The Hall–Kier alpha value is -1.58. The Kier molecular flexibility index (Phi) is 3.57. The molecular weight excluding hydrogens is 300 g/mol. The SMILES string of the molecule is CC(C)(C)c1cc(C(C)(C)C[C@@]2(C)CC(C)(C)c3oncc32)on1. The average molecular weight is 330 g/mol. The number of hydrogen-bond acceptors (Lipinski definition) is 4. The molecule has 2 aromatic heterocycles. The van der Waals surface area contributed by atoms with Crippen LogP contribution in [0, 0.1) is 0 Å². The zero-order valence-electron chi connectivity index (χ0n) is 16.3. The molecule has 0 unspecified atom stereocenters. The Labute approximate surface area is 145 Å². The van der Waals surface area contributed by atoms with Crippen LogP contribution in [-0.4, -0.2) is 10.3 Å². The van der Waals surface area contributed by atoms with E-state index in [0.29, 0.717) is 0 Å². The molecular formula is C20H30N2O2. The first kappa shape index (κ1) is 17.2. The fourth-order valence-corrected chi connectivity index (χ4v) is 4.48. The fourth-order valence-electron chi connectivity index (χ4n) is 4.48. The second-order valence-corrected chi connectivity index (χ2v) is 10.1. The first-order chi connectivity index (χ1) is 10.9. The molecule has 2 heterocycles. The molecule has 0 saturated carbocycles. The van der Waals surface area contributed by atoms with Gasteiger partial charge >= 0.3 is 0 Å². The maximum atomic E-state index is 5.74. The van der Waals surface area contributed by atoms with Crippen LogP contribution < -0.4 is 0 Å². The lowest BCUT2D eigenvalue weighted by molar-refractivity contribution is 0.231. The lowest BCUT2D eigenvalue weighted by Gasteiger charge is -2.34. The van der Waals surface area contributed by atoms with Crippen molar-refractivity contribution in [1.82, 2.24) is 10.3 Å². The topological polar surface area (TPSA) is 52.1 Å². The van der Waals surface area contributed by atoms with Crippen LogP contribution in [0.4, 0.5) is 0 Å². The highest BCUT2D eigenvalue weighted by molar-refractivity contribution is 5.38. The zero-order valence-corrected chi connectivity index (χ0v) is 16.3. The molecule has 1 aliphatic carbocycles. The highest BCUT2D eigenvalue weighted by Gasteiger charge is 2.51. The zero-order chi connectivity index (χ0) is 18.0. The van der Waals surface area contributed by atoms with E-state index in [0.717, 1.165) is 30.1 Å². The quantitative estimate of drug-likeness (QED) is 0.769. The van der Waals surface area contributed by atoms with Crippen molar-refractivity contribution in [2.75, 3.05) is 0 Å². The van der Waals surface area contributed by atoms with Gasteiger partial charge in [-0.05, 0) is 18.3 Å². The van der Waals surface area contributed by atoms with Gasteiger partial charge in [-0.25, -0.2) is 0 Å². The van der Waals surface area contributed by atoms with Crippen LogP contribution in [0.25, 0.3) is 0 Å². The van der Waals surface area contributed by atoms with Crippen molar-refractivity contribution in [3.8, 4) is 0 Å². The molecule has 4 heteroatoms. The van der Waals surface area contributed by atoms with Gasteiger partial charge < -0.3 is 9.05 Å². The van der Waals surface area contributed by atoms with Crippen molar-refractivity contribution >= 4 is 0 Å². The normalized spacial score (nSPS) is 23.5. The summed E-state index contributed by atoms with van der Waals surface area (Å²) in [5.74, 6) is 1.99. The highest BCUT2D eigenvalue weighted by atomic mass is 16.5. The van der Waals surface area contributed by atoms with E-state index < -0.39 is 0 Å². The summed E-state index contributed by atoms with van der Waals surface area (Å²) in [6.45, 7) is 17.8. The number of nitrogens with zero attached hydrogens (tertiary/aromatic N) is 2. The second kappa shape index (κ2) is 4.96. The Morgan fingerprint density at radius 3 is 2.33 bits per heavy atom. The maximum absolute atomic E-state index is 5.74. The van der Waals surface area contributed by atoms with E-state index in [4.69, 9.17) is 9.05 Å². The molecule has 1 aliphatic rings. The van der Waals surface area contributed by atoms with Crippen LogP contribution in [0.1, 0.15) is 91.0 Å². The molecule has 0 bridgehead atoms. The maximum Gasteiger partial charge on any atom is 0.146 e. The minimum atomic E-state index is -0.111. The summed E-state index contributed by atoms with van der Waals surface area (Å²) in [6, 6.07) is 2.12. The largest absolute Gasteiger partial charge is 0.361 e. The van der Waals surface area contributed by atoms with Crippen molar-refractivity contribution in [3.05, 3.63) is 35.0 Å². The molecule has 0 aliphatic heterocycles. The standard InChI is InChI=1S/C20H30N2O2/c1-17(2,3)14-9-15(23-22-14)18(4,5)11-20(8)12-19(6,7)16-13(20)10-21-24-16/h9-10H,11-12H2,1-8H3/t20-/m0/s1. The second-order valence-electron chi connectivity index (χ2n) is 10.1. The summed E-state index contributed by atoms with van der Waals surface area (Å²) in [4.78, 5) is 0. The Morgan fingerprint density at radius 2 is 1.75 bits per heavy atom. The summed E-state index contributed by atoms with van der Waals surface area (Å²) < 4.78 is 11.3. The van der Waals surface area contributed by atoms with Crippen molar-refractivity contribution in [2.24, 2.45) is 0 Å². The predicted molar refractivity (Wildman–Crippen MR) is 94.3 cm³/mol. The molecule has 0 fully saturated rings. The first-order valence-corrected chi connectivity index (χ1v) is 8.79. The van der Waals surface area contributed by atoms with E-state index in [1.807, 2.05) is 6.20 Å². The van der Waals surface area contributed by atoms with Gasteiger partial charge in [-0.3, -0.25) is 0 Å². The molecule has 1 atom stereocenters. The number of aromatic nitrogens is 2. The van der Waals surface area contributed by atoms with Gasteiger partial charge in [-0.1, -0.05) is 65.7 Å². The molecule has 0 radical (unpaired) electrons. The fraction of sp³-hybridized carbons (Fsp3) is 0.700. The number of fused-ring (bicyclic) bond motifs is 1. The van der Waals surface area contributed by atoms with E-state index in [2.05, 4.69) is 71.8 Å². The third kappa shape index (κ3) is 2.70. The van der Waals surface area contributed by atoms with E-state index in [1.165, 1.54) is 5.56 Å². The molecule has 24 heavy (non-hydrogen) atoms. The third-order valence-corrected chi connectivity index (χ3v) is 5.45. The van der Waals surface area contributed by atoms with Gasteiger partial charge in [0.25, 0.3) is 0 Å². The lowest BCUT2D eigenvalue weighted by atomic mass is 9.68. The Morgan fingerprint density at radius 1 is 1.08 bits per heavy atom. The van der Waals surface area contributed by atoms with E-state index in [1.54, 1.807) is 0 Å². The molecule has 0 aromatic carbocycles. The molecule has 4 nitrogen and oxygen atoms in total. The van der Waals surface area contributed by atoms with Gasteiger partial charge in [0.15, 0.2) is 0 Å². The summed E-state index contributed by atoms with van der Waals surface area (Å²) >= 11 is 0.